The minimum atomic E-state index is 0.843. The number of ether oxygens (including phenoxy) is 1. The van der Waals surface area contributed by atoms with Crippen LogP contribution in [0.3, 0.4) is 0 Å². The van der Waals surface area contributed by atoms with Crippen molar-refractivity contribution < 1.29 is 4.74 Å². The van der Waals surface area contributed by atoms with Gasteiger partial charge in [0.2, 0.25) is 0 Å². The van der Waals surface area contributed by atoms with E-state index in [2.05, 4.69) is 13.8 Å². The highest BCUT2D eigenvalue weighted by atomic mass is 32.1. The topological polar surface area (TPSA) is 9.23 Å². The van der Waals surface area contributed by atoms with Gasteiger partial charge in [0.25, 0.3) is 0 Å². The summed E-state index contributed by atoms with van der Waals surface area (Å²) in [5, 5.41) is 0.858. The molecule has 0 amide bonds. The number of hydrogen-bond acceptors (Lipinski definition) is 2. The Morgan fingerprint density at radius 3 is 0.971 bits per heavy atom. The zero-order valence-corrected chi connectivity index (χ0v) is 24.6. The molecule has 0 radical (unpaired) electrons. The average molecular weight is 497 g/mol. The van der Waals surface area contributed by atoms with Crippen LogP contribution in [0.2, 0.25) is 0 Å². The molecule has 0 atom stereocenters. The van der Waals surface area contributed by atoms with Crippen LogP contribution in [-0.2, 0) is 4.74 Å². The van der Waals surface area contributed by atoms with Gasteiger partial charge in [-0.1, -0.05) is 174 Å². The number of thiocarbonyl (C=S) groups is 1. The fourth-order valence-electron chi connectivity index (χ4n) is 4.84. The molecule has 0 aliphatic heterocycles. The predicted octanol–water partition coefficient (Wildman–Crippen LogP) is 12.3. The van der Waals surface area contributed by atoms with E-state index in [1.165, 1.54) is 173 Å². The maximum absolute atomic E-state index is 5.78. The molecule has 0 unspecified atom stereocenters. The van der Waals surface area contributed by atoms with Gasteiger partial charge in [-0.15, -0.1) is 0 Å². The molecule has 0 aromatic carbocycles. The molecule has 0 fully saturated rings. The summed E-state index contributed by atoms with van der Waals surface area (Å²) < 4.78 is 5.78. The van der Waals surface area contributed by atoms with Crippen molar-refractivity contribution in [2.45, 2.75) is 194 Å². The van der Waals surface area contributed by atoms with Crippen molar-refractivity contribution in [3.63, 3.8) is 0 Å². The van der Waals surface area contributed by atoms with Crippen LogP contribution in [0.25, 0.3) is 0 Å². The molecule has 204 valence electrons. The van der Waals surface area contributed by atoms with Gasteiger partial charge in [-0.3, -0.25) is 0 Å². The van der Waals surface area contributed by atoms with Crippen LogP contribution in [0.5, 0.6) is 0 Å². The van der Waals surface area contributed by atoms with Crippen molar-refractivity contribution >= 4 is 17.3 Å². The van der Waals surface area contributed by atoms with Crippen LogP contribution < -0.4 is 0 Å². The lowest BCUT2D eigenvalue weighted by Gasteiger charge is -2.08. The fraction of sp³-hybridized carbons (Fsp3) is 0.969. The third-order valence-corrected chi connectivity index (χ3v) is 7.57. The molecule has 0 bridgehead atoms. The maximum Gasteiger partial charge on any atom is 0.159 e. The van der Waals surface area contributed by atoms with Gasteiger partial charge in [0.15, 0.2) is 5.05 Å². The standard InChI is InChI=1S/C32H64OS/c1-3-5-7-9-11-13-15-16-17-18-19-21-23-25-27-29-31-33-32(34)30-28-26-24-22-20-14-12-10-8-6-4-2/h3-31H2,1-2H3. The van der Waals surface area contributed by atoms with E-state index in [0.29, 0.717) is 0 Å². The Kier molecular flexibility index (Phi) is 30.8. The van der Waals surface area contributed by atoms with E-state index in [1.807, 2.05) is 0 Å². The van der Waals surface area contributed by atoms with Crippen molar-refractivity contribution in [2.24, 2.45) is 0 Å². The van der Waals surface area contributed by atoms with Crippen LogP contribution in [0.1, 0.15) is 194 Å². The first kappa shape index (κ1) is 33.9. The van der Waals surface area contributed by atoms with Gasteiger partial charge in [-0.2, -0.15) is 0 Å². The summed E-state index contributed by atoms with van der Waals surface area (Å²) in [7, 11) is 0. The number of rotatable bonds is 29. The van der Waals surface area contributed by atoms with E-state index in [1.54, 1.807) is 0 Å². The second kappa shape index (κ2) is 30.9. The first-order valence-corrected chi connectivity index (χ1v) is 16.4. The minimum absolute atomic E-state index is 0.843. The lowest BCUT2D eigenvalue weighted by Crippen LogP contribution is -2.03. The van der Waals surface area contributed by atoms with Crippen LogP contribution in [-0.4, -0.2) is 11.7 Å². The van der Waals surface area contributed by atoms with Crippen molar-refractivity contribution in [3.8, 4) is 0 Å². The Morgan fingerprint density at radius 2 is 0.647 bits per heavy atom. The van der Waals surface area contributed by atoms with Gasteiger partial charge < -0.3 is 4.74 Å². The summed E-state index contributed by atoms with van der Waals surface area (Å²) in [5.74, 6) is 0. The third-order valence-electron chi connectivity index (χ3n) is 7.25. The quantitative estimate of drug-likeness (QED) is 0.0752. The van der Waals surface area contributed by atoms with E-state index >= 15 is 0 Å². The molecule has 0 saturated carbocycles. The summed E-state index contributed by atoms with van der Waals surface area (Å²) >= 11 is 5.41. The van der Waals surface area contributed by atoms with E-state index in [-0.39, 0.29) is 0 Å². The highest BCUT2D eigenvalue weighted by molar-refractivity contribution is 7.80. The molecule has 0 aliphatic rings. The molecule has 0 rings (SSSR count). The maximum atomic E-state index is 5.78. The summed E-state index contributed by atoms with van der Waals surface area (Å²) in [4.78, 5) is 0. The molecular formula is C32H64OS. The smallest absolute Gasteiger partial charge is 0.159 e. The van der Waals surface area contributed by atoms with Crippen molar-refractivity contribution in [3.05, 3.63) is 0 Å². The fourth-order valence-corrected chi connectivity index (χ4v) is 5.07. The minimum Gasteiger partial charge on any atom is -0.487 e. The molecular weight excluding hydrogens is 432 g/mol. The lowest BCUT2D eigenvalue weighted by atomic mass is 10.0. The van der Waals surface area contributed by atoms with Crippen molar-refractivity contribution in [1.82, 2.24) is 0 Å². The highest BCUT2D eigenvalue weighted by Crippen LogP contribution is 2.15. The van der Waals surface area contributed by atoms with E-state index in [9.17, 15) is 0 Å². The van der Waals surface area contributed by atoms with Gasteiger partial charge in [0, 0.05) is 6.42 Å². The molecule has 0 saturated heterocycles. The highest BCUT2D eigenvalue weighted by Gasteiger charge is 2.00. The molecule has 0 aromatic rings. The second-order valence-corrected chi connectivity index (χ2v) is 11.3. The molecule has 1 nitrogen and oxygen atoms in total. The molecule has 0 N–H and O–H groups in total. The number of unbranched alkanes of at least 4 members (excludes halogenated alkanes) is 25. The molecule has 0 heterocycles. The van der Waals surface area contributed by atoms with E-state index < -0.39 is 0 Å². The lowest BCUT2D eigenvalue weighted by molar-refractivity contribution is 0.290. The van der Waals surface area contributed by atoms with Gasteiger partial charge in [0.05, 0.1) is 6.61 Å². The van der Waals surface area contributed by atoms with Crippen LogP contribution in [0.4, 0.5) is 0 Å². The Labute approximate surface area is 222 Å². The van der Waals surface area contributed by atoms with Crippen molar-refractivity contribution in [1.29, 1.82) is 0 Å². The zero-order chi connectivity index (χ0) is 24.8. The van der Waals surface area contributed by atoms with Gasteiger partial charge >= 0.3 is 0 Å². The van der Waals surface area contributed by atoms with E-state index in [4.69, 9.17) is 17.0 Å². The van der Waals surface area contributed by atoms with E-state index in [0.717, 1.165) is 18.1 Å². The molecule has 0 aliphatic carbocycles. The third kappa shape index (κ3) is 29.9. The van der Waals surface area contributed by atoms with Crippen LogP contribution >= 0.6 is 12.2 Å². The van der Waals surface area contributed by atoms with Crippen molar-refractivity contribution in [2.75, 3.05) is 6.61 Å². The van der Waals surface area contributed by atoms with Gasteiger partial charge in [-0.25, -0.2) is 0 Å². The SMILES string of the molecule is CCCCCCCCCCCCCCCCCCOC(=S)CCCCCCCCCCCCC. The first-order chi connectivity index (χ1) is 16.8. The molecule has 2 heteroatoms. The Bertz CT molecular complexity index is 381. The summed E-state index contributed by atoms with van der Waals surface area (Å²) in [6.45, 7) is 5.43. The zero-order valence-electron chi connectivity index (χ0n) is 23.8. The average Bonchev–Trinajstić information content (AvgIpc) is 2.84. The summed E-state index contributed by atoms with van der Waals surface area (Å²) in [6, 6.07) is 0. The Balaban J connectivity index is 3.13. The molecule has 0 aromatic heterocycles. The Morgan fingerprint density at radius 1 is 0.382 bits per heavy atom. The summed E-state index contributed by atoms with van der Waals surface area (Å²) in [5.41, 5.74) is 0. The first-order valence-electron chi connectivity index (χ1n) is 16.0. The number of hydrogen-bond donors (Lipinski definition) is 0. The normalized spacial score (nSPS) is 11.2. The van der Waals surface area contributed by atoms with Gasteiger partial charge in [-0.05, 0) is 25.1 Å². The molecule has 0 spiro atoms. The molecule has 34 heavy (non-hydrogen) atoms. The Hall–Kier alpha value is -0.110. The van der Waals surface area contributed by atoms with Gasteiger partial charge in [0.1, 0.15) is 0 Å². The predicted molar refractivity (Wildman–Crippen MR) is 159 cm³/mol. The summed E-state index contributed by atoms with van der Waals surface area (Å²) in [6.07, 6.45) is 38.8. The monoisotopic (exact) mass is 496 g/mol. The largest absolute Gasteiger partial charge is 0.487 e. The second-order valence-electron chi connectivity index (χ2n) is 10.8. The van der Waals surface area contributed by atoms with Crippen LogP contribution in [0.15, 0.2) is 0 Å². The van der Waals surface area contributed by atoms with Crippen LogP contribution in [0, 0.1) is 0 Å².